The van der Waals surface area contributed by atoms with Gasteiger partial charge in [0.05, 0.1) is 6.20 Å². The van der Waals surface area contributed by atoms with Crippen LogP contribution in [0.1, 0.15) is 33.6 Å². The third-order valence-electron chi connectivity index (χ3n) is 3.58. The molecule has 0 N–H and O–H groups in total. The molecule has 2 rings (SSSR count). The third-order valence-corrected chi connectivity index (χ3v) is 4.93. The van der Waals surface area contributed by atoms with Gasteiger partial charge >= 0.3 is 0 Å². The fourth-order valence-corrected chi connectivity index (χ4v) is 3.30. The van der Waals surface area contributed by atoms with Crippen molar-refractivity contribution >= 4 is 23.5 Å². The molecular weight excluding hydrogens is 296 g/mol. The molecular formula is C16H26N4OS. The van der Waals surface area contributed by atoms with E-state index in [1.807, 2.05) is 16.7 Å². The molecule has 0 aromatic carbocycles. The first kappa shape index (κ1) is 17.1. The van der Waals surface area contributed by atoms with Crippen LogP contribution in [0.15, 0.2) is 18.6 Å². The van der Waals surface area contributed by atoms with Crippen LogP contribution in [0, 0.1) is 0 Å². The Hall–Kier alpha value is -1.30. The minimum Gasteiger partial charge on any atom is -0.352 e. The largest absolute Gasteiger partial charge is 0.352 e. The lowest BCUT2D eigenvalue weighted by molar-refractivity contribution is -0.131. The molecule has 1 aromatic rings. The van der Waals surface area contributed by atoms with Crippen molar-refractivity contribution in [2.45, 2.75) is 38.4 Å². The maximum atomic E-state index is 12.2. The molecule has 0 bridgehead atoms. The molecule has 1 fully saturated rings. The van der Waals surface area contributed by atoms with E-state index in [9.17, 15) is 4.79 Å². The quantitative estimate of drug-likeness (QED) is 0.779. The van der Waals surface area contributed by atoms with Gasteiger partial charge in [-0.3, -0.25) is 9.78 Å². The average molecular weight is 322 g/mol. The van der Waals surface area contributed by atoms with Crippen LogP contribution >= 0.6 is 11.8 Å². The molecule has 0 aliphatic carbocycles. The Morgan fingerprint density at radius 1 is 1.23 bits per heavy atom. The zero-order valence-corrected chi connectivity index (χ0v) is 14.6. The number of hydrogen-bond donors (Lipinski definition) is 0. The van der Waals surface area contributed by atoms with Crippen LogP contribution in [0.25, 0.3) is 0 Å². The Morgan fingerprint density at radius 3 is 2.55 bits per heavy atom. The molecule has 0 spiro atoms. The second kappa shape index (κ2) is 7.81. The van der Waals surface area contributed by atoms with E-state index in [4.69, 9.17) is 0 Å². The van der Waals surface area contributed by atoms with Crippen LogP contribution in [-0.4, -0.2) is 57.5 Å². The summed E-state index contributed by atoms with van der Waals surface area (Å²) in [5.41, 5.74) is 0. The van der Waals surface area contributed by atoms with E-state index in [1.54, 1.807) is 18.6 Å². The van der Waals surface area contributed by atoms with Crippen molar-refractivity contribution in [3.8, 4) is 0 Å². The lowest BCUT2D eigenvalue weighted by Gasteiger charge is -2.35. The van der Waals surface area contributed by atoms with Crippen molar-refractivity contribution in [2.75, 3.05) is 36.8 Å². The predicted molar refractivity (Wildman–Crippen MR) is 92.3 cm³/mol. The lowest BCUT2D eigenvalue weighted by atomic mass is 10.2. The Morgan fingerprint density at radius 2 is 1.95 bits per heavy atom. The number of thioether (sulfide) groups is 1. The lowest BCUT2D eigenvalue weighted by Crippen LogP contribution is -2.49. The van der Waals surface area contributed by atoms with Gasteiger partial charge in [-0.25, -0.2) is 4.98 Å². The van der Waals surface area contributed by atoms with Crippen molar-refractivity contribution in [1.82, 2.24) is 14.9 Å². The second-order valence-corrected chi connectivity index (χ2v) is 8.42. The molecule has 1 aromatic heterocycles. The molecule has 0 unspecified atom stereocenters. The highest BCUT2D eigenvalue weighted by molar-refractivity contribution is 8.00. The van der Waals surface area contributed by atoms with Gasteiger partial charge in [-0.15, -0.1) is 0 Å². The monoisotopic (exact) mass is 322 g/mol. The summed E-state index contributed by atoms with van der Waals surface area (Å²) in [5.74, 6) is 2.24. The number of rotatable bonds is 5. The van der Waals surface area contributed by atoms with Crippen LogP contribution in [0.5, 0.6) is 0 Å². The van der Waals surface area contributed by atoms with E-state index >= 15 is 0 Å². The van der Waals surface area contributed by atoms with Gasteiger partial charge in [0.2, 0.25) is 5.91 Å². The summed E-state index contributed by atoms with van der Waals surface area (Å²) >= 11 is 1.93. The highest BCUT2D eigenvalue weighted by Gasteiger charge is 2.21. The minimum atomic E-state index is 0.283. The second-order valence-electron chi connectivity index (χ2n) is 6.50. The minimum absolute atomic E-state index is 0.283. The van der Waals surface area contributed by atoms with Crippen molar-refractivity contribution in [1.29, 1.82) is 0 Å². The molecule has 0 radical (unpaired) electrons. The standard InChI is InChI=1S/C16H26N4OS/c1-16(2,3)22-12-4-5-15(21)20-10-8-19(9-11-20)14-13-17-6-7-18-14/h6-7,13H,4-5,8-12H2,1-3H3. The van der Waals surface area contributed by atoms with Crippen LogP contribution in [-0.2, 0) is 4.79 Å². The number of hydrogen-bond acceptors (Lipinski definition) is 5. The summed E-state index contributed by atoms with van der Waals surface area (Å²) in [7, 11) is 0. The maximum Gasteiger partial charge on any atom is 0.222 e. The van der Waals surface area contributed by atoms with Crippen LogP contribution in [0.4, 0.5) is 5.82 Å². The first-order valence-corrected chi connectivity index (χ1v) is 8.87. The molecule has 1 aliphatic heterocycles. The van der Waals surface area contributed by atoms with Gasteiger partial charge in [0.25, 0.3) is 0 Å². The highest BCUT2D eigenvalue weighted by atomic mass is 32.2. The first-order valence-electron chi connectivity index (χ1n) is 7.88. The number of anilines is 1. The van der Waals surface area contributed by atoms with Crippen molar-refractivity contribution in [3.05, 3.63) is 18.6 Å². The molecule has 0 saturated carbocycles. The SMILES string of the molecule is CC(C)(C)SCCCC(=O)N1CCN(c2cnccn2)CC1. The topological polar surface area (TPSA) is 49.3 Å². The zero-order valence-electron chi connectivity index (χ0n) is 13.8. The number of carbonyl (C=O) groups is 1. The van der Waals surface area contributed by atoms with Gasteiger partial charge in [0, 0.05) is 49.7 Å². The van der Waals surface area contributed by atoms with Crippen molar-refractivity contribution in [3.63, 3.8) is 0 Å². The number of carbonyl (C=O) groups excluding carboxylic acids is 1. The number of nitrogens with zero attached hydrogens (tertiary/aromatic N) is 4. The summed E-state index contributed by atoms with van der Waals surface area (Å²) in [6.45, 7) is 9.87. The van der Waals surface area contributed by atoms with E-state index in [2.05, 4.69) is 35.6 Å². The Balaban J connectivity index is 1.69. The highest BCUT2D eigenvalue weighted by Crippen LogP contribution is 2.24. The Labute approximate surface area is 137 Å². The van der Waals surface area contributed by atoms with E-state index in [1.165, 1.54) is 0 Å². The summed E-state index contributed by atoms with van der Waals surface area (Å²) in [5, 5.41) is 0. The van der Waals surface area contributed by atoms with Gasteiger partial charge in [-0.1, -0.05) is 20.8 Å². The maximum absolute atomic E-state index is 12.2. The molecule has 6 heteroatoms. The van der Waals surface area contributed by atoms with Gasteiger partial charge in [-0.2, -0.15) is 11.8 Å². The van der Waals surface area contributed by atoms with E-state index in [0.29, 0.717) is 6.42 Å². The Kier molecular flexibility index (Phi) is 6.06. The summed E-state index contributed by atoms with van der Waals surface area (Å²) in [4.78, 5) is 24.8. The predicted octanol–water partition coefficient (Wildman–Crippen LogP) is 2.44. The fourth-order valence-electron chi connectivity index (χ4n) is 2.40. The number of amides is 1. The normalized spacial score (nSPS) is 16.0. The molecule has 22 heavy (non-hydrogen) atoms. The molecule has 0 atom stereocenters. The molecule has 1 aliphatic rings. The number of piperazine rings is 1. The van der Waals surface area contributed by atoms with Crippen LogP contribution in [0.3, 0.4) is 0 Å². The summed E-state index contributed by atoms with van der Waals surface area (Å²) < 4.78 is 0.283. The first-order chi connectivity index (χ1) is 10.5. The summed E-state index contributed by atoms with van der Waals surface area (Å²) in [6.07, 6.45) is 6.79. The Bertz CT molecular complexity index is 467. The third kappa shape index (κ3) is 5.48. The van der Waals surface area contributed by atoms with Gasteiger partial charge in [-0.05, 0) is 12.2 Å². The molecule has 2 heterocycles. The number of aromatic nitrogens is 2. The van der Waals surface area contributed by atoms with Gasteiger partial charge < -0.3 is 9.80 Å². The fraction of sp³-hybridized carbons (Fsp3) is 0.688. The van der Waals surface area contributed by atoms with Crippen molar-refractivity contribution in [2.24, 2.45) is 0 Å². The molecule has 5 nitrogen and oxygen atoms in total. The summed E-state index contributed by atoms with van der Waals surface area (Å²) in [6, 6.07) is 0. The zero-order chi connectivity index (χ0) is 16.0. The van der Waals surface area contributed by atoms with Gasteiger partial charge in [0.1, 0.15) is 5.82 Å². The van der Waals surface area contributed by atoms with E-state index in [-0.39, 0.29) is 10.7 Å². The molecule has 1 saturated heterocycles. The molecule has 122 valence electrons. The smallest absolute Gasteiger partial charge is 0.222 e. The van der Waals surface area contributed by atoms with E-state index in [0.717, 1.165) is 44.2 Å². The van der Waals surface area contributed by atoms with Gasteiger partial charge in [0.15, 0.2) is 0 Å². The molecule has 1 amide bonds. The van der Waals surface area contributed by atoms with Crippen LogP contribution < -0.4 is 4.90 Å². The van der Waals surface area contributed by atoms with Crippen LogP contribution in [0.2, 0.25) is 0 Å². The average Bonchev–Trinajstić information content (AvgIpc) is 2.51. The van der Waals surface area contributed by atoms with Crippen molar-refractivity contribution < 1.29 is 4.79 Å². The van der Waals surface area contributed by atoms with E-state index < -0.39 is 0 Å².